The molecule has 29 heavy (non-hydrogen) atoms. The number of nitrogens with one attached hydrogen (secondary N) is 1. The number of halogens is 1. The number of urea groups is 1. The normalized spacial score (nSPS) is 21.8. The van der Waals surface area contributed by atoms with Gasteiger partial charge < -0.3 is 10.2 Å². The Hall–Kier alpha value is -2.00. The van der Waals surface area contributed by atoms with Gasteiger partial charge in [0.05, 0.1) is 17.5 Å². The maximum absolute atomic E-state index is 13.2. The summed E-state index contributed by atoms with van der Waals surface area (Å²) in [4.78, 5) is 20.4. The van der Waals surface area contributed by atoms with Crippen molar-refractivity contribution in [1.29, 1.82) is 0 Å². The van der Waals surface area contributed by atoms with E-state index >= 15 is 0 Å². The van der Waals surface area contributed by atoms with Crippen molar-refractivity contribution in [3.63, 3.8) is 0 Å². The molecule has 1 aromatic carbocycles. The number of carbonyl (C=O) groups excluding carboxylic acids is 1. The van der Waals surface area contributed by atoms with Crippen LogP contribution in [0.2, 0.25) is 0 Å². The number of amides is 2. The molecule has 2 atom stereocenters. The molecule has 1 saturated heterocycles. The molecule has 0 spiro atoms. The van der Waals surface area contributed by atoms with Crippen LogP contribution < -0.4 is 5.32 Å². The number of aromatic nitrogens is 1. The Bertz CT molecular complexity index is 1000. The molecule has 1 N–H and O–H groups in total. The van der Waals surface area contributed by atoms with Gasteiger partial charge in [-0.3, -0.25) is 0 Å². The summed E-state index contributed by atoms with van der Waals surface area (Å²) < 4.78 is 36.2. The summed E-state index contributed by atoms with van der Waals surface area (Å²) in [6.45, 7) is 1.04. The standard InChI is InChI=1S/C20H24FN3O3S2/c1-29(26,27)12-13-9-10-24(11-13)20(25)22-16-3-2-4-17-18(16)23-19(28-17)14-5-7-15(21)8-6-14/h5-8,13,16H,2-4,9-12H2,1H3,(H,22,25). The fourth-order valence-electron chi connectivity index (χ4n) is 4.10. The van der Waals surface area contributed by atoms with E-state index in [1.165, 1.54) is 18.4 Å². The third kappa shape index (κ3) is 4.78. The number of hydrogen-bond donors (Lipinski definition) is 1. The lowest BCUT2D eigenvalue weighted by Crippen LogP contribution is -2.41. The highest BCUT2D eigenvalue weighted by atomic mass is 32.2. The number of aryl methyl sites for hydroxylation is 1. The van der Waals surface area contributed by atoms with Crippen LogP contribution in [0.4, 0.5) is 9.18 Å². The molecule has 2 unspecified atom stereocenters. The first kappa shape index (κ1) is 20.3. The van der Waals surface area contributed by atoms with Crippen molar-refractivity contribution >= 4 is 27.2 Å². The second-order valence-electron chi connectivity index (χ2n) is 7.92. The summed E-state index contributed by atoms with van der Waals surface area (Å²) in [5.74, 6) is -0.153. The molecule has 0 radical (unpaired) electrons. The van der Waals surface area contributed by atoms with Gasteiger partial charge in [-0.2, -0.15) is 0 Å². The van der Waals surface area contributed by atoms with Crippen molar-refractivity contribution < 1.29 is 17.6 Å². The van der Waals surface area contributed by atoms with E-state index in [1.807, 2.05) is 0 Å². The van der Waals surface area contributed by atoms with Gasteiger partial charge in [-0.05, 0) is 55.9 Å². The van der Waals surface area contributed by atoms with E-state index in [0.717, 1.165) is 40.4 Å². The highest BCUT2D eigenvalue weighted by molar-refractivity contribution is 7.90. The van der Waals surface area contributed by atoms with Gasteiger partial charge in [0.2, 0.25) is 0 Å². The molecular formula is C20H24FN3O3S2. The van der Waals surface area contributed by atoms with Gasteiger partial charge in [-0.15, -0.1) is 11.3 Å². The first-order valence-electron chi connectivity index (χ1n) is 9.77. The Kier molecular flexibility index (Phi) is 5.61. The zero-order chi connectivity index (χ0) is 20.6. The topological polar surface area (TPSA) is 79.4 Å². The molecule has 1 fully saturated rings. The first-order chi connectivity index (χ1) is 13.8. The van der Waals surface area contributed by atoms with Crippen LogP contribution in [0.25, 0.3) is 10.6 Å². The average Bonchev–Trinajstić information content (AvgIpc) is 3.28. The van der Waals surface area contributed by atoms with E-state index in [1.54, 1.807) is 28.4 Å². The number of thiazole rings is 1. The largest absolute Gasteiger partial charge is 0.330 e. The number of benzene rings is 1. The van der Waals surface area contributed by atoms with E-state index < -0.39 is 9.84 Å². The van der Waals surface area contributed by atoms with Gasteiger partial charge in [0.25, 0.3) is 0 Å². The number of carbonyl (C=O) groups is 1. The Balaban J connectivity index is 1.45. The third-order valence-electron chi connectivity index (χ3n) is 5.45. The summed E-state index contributed by atoms with van der Waals surface area (Å²) in [6, 6.07) is 5.99. The van der Waals surface area contributed by atoms with E-state index in [2.05, 4.69) is 5.32 Å². The summed E-state index contributed by atoms with van der Waals surface area (Å²) in [6.07, 6.45) is 4.68. The number of rotatable bonds is 4. The number of nitrogens with zero attached hydrogens (tertiary/aromatic N) is 2. The van der Waals surface area contributed by atoms with E-state index in [-0.39, 0.29) is 29.6 Å². The van der Waals surface area contributed by atoms with Crippen molar-refractivity contribution in [2.24, 2.45) is 5.92 Å². The van der Waals surface area contributed by atoms with Gasteiger partial charge in [-0.25, -0.2) is 22.6 Å². The summed E-state index contributed by atoms with van der Waals surface area (Å²) in [5.41, 5.74) is 1.78. The van der Waals surface area contributed by atoms with Crippen LogP contribution in [0.3, 0.4) is 0 Å². The second kappa shape index (κ2) is 8.02. The smallest absolute Gasteiger partial charge is 0.317 e. The van der Waals surface area contributed by atoms with Crippen LogP contribution in [0, 0.1) is 11.7 Å². The minimum absolute atomic E-state index is 0.00187. The number of likely N-dealkylation sites (tertiary alicyclic amines) is 1. The maximum Gasteiger partial charge on any atom is 0.317 e. The first-order valence-corrected chi connectivity index (χ1v) is 12.6. The molecule has 1 aliphatic carbocycles. The molecule has 2 amide bonds. The molecule has 156 valence electrons. The van der Waals surface area contributed by atoms with E-state index in [0.29, 0.717) is 19.5 Å². The molecule has 1 aromatic heterocycles. The fraction of sp³-hybridized carbons (Fsp3) is 0.500. The monoisotopic (exact) mass is 437 g/mol. The minimum Gasteiger partial charge on any atom is -0.330 e. The molecule has 4 rings (SSSR count). The van der Waals surface area contributed by atoms with Crippen molar-refractivity contribution in [3.05, 3.63) is 40.7 Å². The average molecular weight is 438 g/mol. The minimum atomic E-state index is -3.04. The Morgan fingerprint density at radius 2 is 2.07 bits per heavy atom. The van der Waals surface area contributed by atoms with Crippen molar-refractivity contribution in [2.45, 2.75) is 31.7 Å². The van der Waals surface area contributed by atoms with Crippen molar-refractivity contribution in [3.8, 4) is 10.6 Å². The zero-order valence-electron chi connectivity index (χ0n) is 16.2. The maximum atomic E-state index is 13.2. The number of sulfone groups is 1. The lowest BCUT2D eigenvalue weighted by Gasteiger charge is -2.25. The van der Waals surface area contributed by atoms with Crippen LogP contribution in [-0.2, 0) is 16.3 Å². The SMILES string of the molecule is CS(=O)(=O)CC1CCN(C(=O)NC2CCCc3sc(-c4ccc(F)cc4)nc32)C1. The van der Waals surface area contributed by atoms with Crippen molar-refractivity contribution in [1.82, 2.24) is 15.2 Å². The van der Waals surface area contributed by atoms with Crippen molar-refractivity contribution in [2.75, 3.05) is 25.1 Å². The molecule has 1 aliphatic heterocycles. The van der Waals surface area contributed by atoms with Crippen LogP contribution in [0.15, 0.2) is 24.3 Å². The third-order valence-corrected chi connectivity index (χ3v) is 7.71. The molecule has 0 bridgehead atoms. The molecule has 2 aromatic rings. The molecule has 2 aliphatic rings. The Morgan fingerprint density at radius 3 is 2.79 bits per heavy atom. The predicted octanol–water partition coefficient (Wildman–Crippen LogP) is 3.40. The predicted molar refractivity (Wildman–Crippen MR) is 111 cm³/mol. The number of hydrogen-bond acceptors (Lipinski definition) is 5. The molecule has 2 heterocycles. The molecule has 9 heteroatoms. The number of fused-ring (bicyclic) bond motifs is 1. The van der Waals surface area contributed by atoms with Crippen LogP contribution >= 0.6 is 11.3 Å². The summed E-state index contributed by atoms with van der Waals surface area (Å²) in [7, 11) is -3.04. The van der Waals surface area contributed by atoms with Gasteiger partial charge in [0, 0.05) is 29.8 Å². The van der Waals surface area contributed by atoms with Crippen LogP contribution in [-0.4, -0.2) is 49.4 Å². The molecular weight excluding hydrogens is 413 g/mol. The van der Waals surface area contributed by atoms with E-state index in [9.17, 15) is 17.6 Å². The van der Waals surface area contributed by atoms with E-state index in [4.69, 9.17) is 4.98 Å². The van der Waals surface area contributed by atoms with Crippen LogP contribution in [0.5, 0.6) is 0 Å². The molecule has 0 saturated carbocycles. The Morgan fingerprint density at radius 1 is 1.31 bits per heavy atom. The van der Waals surface area contributed by atoms with Gasteiger partial charge in [0.1, 0.15) is 20.7 Å². The highest BCUT2D eigenvalue weighted by Gasteiger charge is 2.32. The summed E-state index contributed by atoms with van der Waals surface area (Å²) >= 11 is 1.60. The second-order valence-corrected chi connectivity index (χ2v) is 11.2. The summed E-state index contributed by atoms with van der Waals surface area (Å²) in [5, 5.41) is 3.93. The van der Waals surface area contributed by atoms with Gasteiger partial charge in [-0.1, -0.05) is 0 Å². The lowest BCUT2D eigenvalue weighted by atomic mass is 9.98. The van der Waals surface area contributed by atoms with Gasteiger partial charge in [0.15, 0.2) is 0 Å². The van der Waals surface area contributed by atoms with Gasteiger partial charge >= 0.3 is 6.03 Å². The molecule has 6 nitrogen and oxygen atoms in total. The Labute approximate surface area is 174 Å². The quantitative estimate of drug-likeness (QED) is 0.795. The zero-order valence-corrected chi connectivity index (χ0v) is 17.9. The highest BCUT2D eigenvalue weighted by Crippen LogP contribution is 2.37. The fourth-order valence-corrected chi connectivity index (χ4v) is 6.40. The lowest BCUT2D eigenvalue weighted by molar-refractivity contribution is 0.201. The van der Waals surface area contributed by atoms with Crippen LogP contribution in [0.1, 0.15) is 35.9 Å².